The Bertz CT molecular complexity index is 1340. The smallest absolute Gasteiger partial charge is 0.256 e. The second-order valence-corrected chi connectivity index (χ2v) is 8.93. The van der Waals surface area contributed by atoms with Crippen LogP contribution in [0.15, 0.2) is 91.0 Å². The van der Waals surface area contributed by atoms with Gasteiger partial charge in [-0.05, 0) is 59.9 Å². The number of amides is 2. The standard InChI is InChI=1S/C30H29N3O2/c34-29(31-21-22-10-3-1-4-11-22)27-20-24(16-17-28(27)33-18-7-2-8-19-33)32-30(35)26-15-9-13-23-12-5-6-14-25(23)26/h1,3-6,9-17,20H,2,7-8,18-19,21H2,(H,31,34)(H,32,35). The third-order valence-electron chi connectivity index (χ3n) is 6.53. The van der Waals surface area contributed by atoms with E-state index in [0.717, 1.165) is 48.0 Å². The van der Waals surface area contributed by atoms with Gasteiger partial charge in [0.1, 0.15) is 0 Å². The van der Waals surface area contributed by atoms with Gasteiger partial charge in [-0.25, -0.2) is 0 Å². The zero-order valence-corrected chi connectivity index (χ0v) is 19.7. The number of hydrogen-bond donors (Lipinski definition) is 2. The van der Waals surface area contributed by atoms with Crippen molar-refractivity contribution in [2.75, 3.05) is 23.3 Å². The van der Waals surface area contributed by atoms with Gasteiger partial charge >= 0.3 is 0 Å². The lowest BCUT2D eigenvalue weighted by molar-refractivity contribution is 0.0950. The summed E-state index contributed by atoms with van der Waals surface area (Å²) in [7, 11) is 0. The van der Waals surface area contributed by atoms with Gasteiger partial charge in [-0.1, -0.05) is 66.7 Å². The second kappa shape index (κ2) is 10.4. The van der Waals surface area contributed by atoms with Gasteiger partial charge in [0.05, 0.1) is 5.56 Å². The number of hydrogen-bond acceptors (Lipinski definition) is 3. The van der Waals surface area contributed by atoms with E-state index in [1.165, 1.54) is 6.42 Å². The van der Waals surface area contributed by atoms with Crippen LogP contribution >= 0.6 is 0 Å². The van der Waals surface area contributed by atoms with Crippen LogP contribution in [-0.4, -0.2) is 24.9 Å². The maximum Gasteiger partial charge on any atom is 0.256 e. The number of anilines is 2. The van der Waals surface area contributed by atoms with Crippen LogP contribution in [0.3, 0.4) is 0 Å². The number of carbonyl (C=O) groups is 2. The van der Waals surface area contributed by atoms with E-state index in [-0.39, 0.29) is 11.8 Å². The number of rotatable bonds is 6. The Morgan fingerprint density at radius 1 is 0.714 bits per heavy atom. The van der Waals surface area contributed by atoms with Crippen molar-refractivity contribution in [2.45, 2.75) is 25.8 Å². The van der Waals surface area contributed by atoms with Crippen LogP contribution in [0.2, 0.25) is 0 Å². The Hall–Kier alpha value is -4.12. The van der Waals surface area contributed by atoms with Crippen LogP contribution in [-0.2, 0) is 6.54 Å². The van der Waals surface area contributed by atoms with E-state index >= 15 is 0 Å². The van der Waals surface area contributed by atoms with Crippen molar-refractivity contribution in [3.05, 3.63) is 108 Å². The monoisotopic (exact) mass is 463 g/mol. The molecule has 0 saturated carbocycles. The fourth-order valence-electron chi connectivity index (χ4n) is 4.70. The third-order valence-corrected chi connectivity index (χ3v) is 6.53. The summed E-state index contributed by atoms with van der Waals surface area (Å²) >= 11 is 0. The molecule has 1 aliphatic heterocycles. The zero-order valence-electron chi connectivity index (χ0n) is 19.7. The van der Waals surface area contributed by atoms with E-state index in [9.17, 15) is 9.59 Å². The quantitative estimate of drug-likeness (QED) is 0.368. The summed E-state index contributed by atoms with van der Waals surface area (Å²) in [6.07, 6.45) is 3.44. The van der Waals surface area contributed by atoms with Crippen molar-refractivity contribution >= 4 is 34.0 Å². The zero-order chi connectivity index (χ0) is 24.0. The molecular weight excluding hydrogens is 434 g/mol. The number of nitrogens with one attached hydrogen (secondary N) is 2. The molecule has 1 saturated heterocycles. The molecular formula is C30H29N3O2. The second-order valence-electron chi connectivity index (χ2n) is 8.93. The Morgan fingerprint density at radius 3 is 2.29 bits per heavy atom. The Kier molecular flexibility index (Phi) is 6.75. The molecule has 0 aromatic heterocycles. The minimum absolute atomic E-state index is 0.143. The maximum atomic E-state index is 13.3. The first-order valence-corrected chi connectivity index (χ1v) is 12.2. The molecule has 0 bridgehead atoms. The van der Waals surface area contributed by atoms with Crippen LogP contribution in [0.1, 0.15) is 45.5 Å². The normalized spacial score (nSPS) is 13.4. The molecule has 0 unspecified atom stereocenters. The van der Waals surface area contributed by atoms with E-state index < -0.39 is 0 Å². The number of nitrogens with zero attached hydrogens (tertiary/aromatic N) is 1. The Balaban J connectivity index is 1.42. The van der Waals surface area contributed by atoms with Gasteiger partial charge in [0.15, 0.2) is 0 Å². The molecule has 0 radical (unpaired) electrons. The van der Waals surface area contributed by atoms with E-state index in [0.29, 0.717) is 23.4 Å². The summed E-state index contributed by atoms with van der Waals surface area (Å²) in [6, 6.07) is 29.1. The molecule has 5 heteroatoms. The molecule has 4 aromatic carbocycles. The molecule has 2 amide bonds. The lowest BCUT2D eigenvalue weighted by atomic mass is 10.0. The van der Waals surface area contributed by atoms with Gasteiger partial charge in [-0.3, -0.25) is 9.59 Å². The Morgan fingerprint density at radius 2 is 1.46 bits per heavy atom. The first-order chi connectivity index (χ1) is 17.2. The van der Waals surface area contributed by atoms with Crippen LogP contribution < -0.4 is 15.5 Å². The predicted octanol–water partition coefficient (Wildman–Crippen LogP) is 6.01. The molecule has 5 nitrogen and oxygen atoms in total. The molecule has 35 heavy (non-hydrogen) atoms. The number of fused-ring (bicyclic) bond motifs is 1. The molecule has 176 valence electrons. The summed E-state index contributed by atoms with van der Waals surface area (Å²) in [4.78, 5) is 28.8. The van der Waals surface area contributed by atoms with Crippen LogP contribution in [0, 0.1) is 0 Å². The van der Waals surface area contributed by atoms with Crippen molar-refractivity contribution in [3.8, 4) is 0 Å². The van der Waals surface area contributed by atoms with Crippen molar-refractivity contribution in [1.29, 1.82) is 0 Å². The molecule has 5 rings (SSSR count). The van der Waals surface area contributed by atoms with Crippen LogP contribution in [0.5, 0.6) is 0 Å². The summed E-state index contributed by atoms with van der Waals surface area (Å²) < 4.78 is 0. The number of carbonyl (C=O) groups excluding carboxylic acids is 2. The van der Waals surface area contributed by atoms with Gasteiger partial charge < -0.3 is 15.5 Å². The summed E-state index contributed by atoms with van der Waals surface area (Å²) in [5, 5.41) is 7.98. The number of benzene rings is 4. The molecule has 0 aliphatic carbocycles. The molecule has 1 aliphatic rings. The average Bonchev–Trinajstić information content (AvgIpc) is 2.92. The van der Waals surface area contributed by atoms with Crippen molar-refractivity contribution in [2.24, 2.45) is 0 Å². The van der Waals surface area contributed by atoms with Gasteiger partial charge in [0, 0.05) is 36.6 Å². The summed E-state index contributed by atoms with van der Waals surface area (Å²) in [5.41, 5.74) is 3.75. The first-order valence-electron chi connectivity index (χ1n) is 12.2. The molecule has 1 heterocycles. The lowest BCUT2D eigenvalue weighted by Gasteiger charge is -2.30. The van der Waals surface area contributed by atoms with E-state index in [2.05, 4.69) is 15.5 Å². The number of piperidine rings is 1. The first kappa shape index (κ1) is 22.7. The third kappa shape index (κ3) is 5.19. The highest BCUT2D eigenvalue weighted by atomic mass is 16.2. The van der Waals surface area contributed by atoms with Crippen LogP contribution in [0.25, 0.3) is 10.8 Å². The van der Waals surface area contributed by atoms with Crippen molar-refractivity contribution < 1.29 is 9.59 Å². The average molecular weight is 464 g/mol. The van der Waals surface area contributed by atoms with E-state index in [1.54, 1.807) is 6.07 Å². The van der Waals surface area contributed by atoms with Crippen molar-refractivity contribution in [3.63, 3.8) is 0 Å². The highest BCUT2D eigenvalue weighted by Crippen LogP contribution is 2.28. The lowest BCUT2D eigenvalue weighted by Crippen LogP contribution is -2.32. The highest BCUT2D eigenvalue weighted by molar-refractivity contribution is 6.13. The van der Waals surface area contributed by atoms with Gasteiger partial charge in [0.2, 0.25) is 0 Å². The molecule has 2 N–H and O–H groups in total. The van der Waals surface area contributed by atoms with Crippen LogP contribution in [0.4, 0.5) is 11.4 Å². The topological polar surface area (TPSA) is 61.4 Å². The van der Waals surface area contributed by atoms with Gasteiger partial charge in [-0.15, -0.1) is 0 Å². The van der Waals surface area contributed by atoms with Crippen molar-refractivity contribution in [1.82, 2.24) is 5.32 Å². The molecule has 1 fully saturated rings. The van der Waals surface area contributed by atoms with Gasteiger partial charge in [0.25, 0.3) is 11.8 Å². The maximum absolute atomic E-state index is 13.3. The minimum atomic E-state index is -0.192. The SMILES string of the molecule is O=C(NCc1ccccc1)c1cc(NC(=O)c2cccc3ccccc23)ccc1N1CCCCC1. The fraction of sp³-hybridized carbons (Fsp3) is 0.200. The highest BCUT2D eigenvalue weighted by Gasteiger charge is 2.20. The van der Waals surface area contributed by atoms with Gasteiger partial charge in [-0.2, -0.15) is 0 Å². The predicted molar refractivity (Wildman–Crippen MR) is 142 cm³/mol. The molecule has 0 spiro atoms. The molecule has 4 aromatic rings. The summed E-state index contributed by atoms with van der Waals surface area (Å²) in [6.45, 7) is 2.31. The summed E-state index contributed by atoms with van der Waals surface area (Å²) in [5.74, 6) is -0.334. The molecule has 0 atom stereocenters. The fourth-order valence-corrected chi connectivity index (χ4v) is 4.70. The van der Waals surface area contributed by atoms with E-state index in [1.807, 2.05) is 84.9 Å². The Labute approximate surface area is 205 Å². The minimum Gasteiger partial charge on any atom is -0.371 e. The largest absolute Gasteiger partial charge is 0.371 e. The van der Waals surface area contributed by atoms with E-state index in [4.69, 9.17) is 0 Å².